The Kier molecular flexibility index (Phi) is 3.55. The first-order valence-corrected chi connectivity index (χ1v) is 5.31. The number of carbonyl (C=O) groups is 1. The Labute approximate surface area is 79.6 Å². The molecule has 0 aliphatic rings. The summed E-state index contributed by atoms with van der Waals surface area (Å²) in [4.78, 5) is 15.1. The summed E-state index contributed by atoms with van der Waals surface area (Å²) in [6, 6.07) is 0. The Morgan fingerprint density at radius 2 is 2.50 bits per heavy atom. The van der Waals surface area contributed by atoms with Gasteiger partial charge in [0.05, 0.1) is 0 Å². The van der Waals surface area contributed by atoms with Crippen LogP contribution < -0.4 is 5.32 Å². The molecular weight excluding hydrogens is 192 g/mol. The van der Waals surface area contributed by atoms with E-state index in [-0.39, 0.29) is 5.24 Å². The van der Waals surface area contributed by atoms with Crippen LogP contribution in [0.3, 0.4) is 0 Å². The number of thiazole rings is 1. The maximum Gasteiger partial charge on any atom is 0.285 e. The summed E-state index contributed by atoms with van der Waals surface area (Å²) in [7, 11) is 0. The van der Waals surface area contributed by atoms with Gasteiger partial charge in [0.25, 0.3) is 5.24 Å². The first-order chi connectivity index (χ1) is 5.68. The third-order valence-electron chi connectivity index (χ3n) is 0.984. The molecule has 0 saturated heterocycles. The van der Waals surface area contributed by atoms with E-state index in [1.807, 2.05) is 19.2 Å². The predicted molar refractivity (Wildman–Crippen MR) is 53.9 cm³/mol. The number of carbonyl (C=O) groups excluding carboxylic acids is 1. The highest BCUT2D eigenvalue weighted by Crippen LogP contribution is 2.16. The molecule has 0 atom stereocenters. The zero-order valence-corrected chi connectivity index (χ0v) is 8.54. The molecule has 0 saturated carbocycles. The number of nitrogens with one attached hydrogen (secondary N) is 1. The lowest BCUT2D eigenvalue weighted by atomic mass is 10.6. The summed E-state index contributed by atoms with van der Waals surface area (Å²) in [6.45, 7) is 3.96. The average Bonchev–Trinajstić information content (AvgIpc) is 2.37. The molecule has 1 aromatic rings. The Bertz CT molecular complexity index is 246. The Morgan fingerprint density at radius 1 is 1.75 bits per heavy atom. The van der Waals surface area contributed by atoms with Gasteiger partial charge >= 0.3 is 0 Å². The molecule has 66 valence electrons. The van der Waals surface area contributed by atoms with Crippen LogP contribution in [0.25, 0.3) is 0 Å². The van der Waals surface area contributed by atoms with Crippen molar-refractivity contribution in [1.29, 1.82) is 0 Å². The molecule has 0 spiro atoms. The number of anilines is 1. The van der Waals surface area contributed by atoms with Crippen LogP contribution in [0.15, 0.2) is 11.6 Å². The largest absolute Gasteiger partial charge is 0.293 e. The first-order valence-electron chi connectivity index (χ1n) is 3.55. The lowest BCUT2D eigenvalue weighted by Crippen LogP contribution is -2.07. The highest BCUT2D eigenvalue weighted by molar-refractivity contribution is 8.14. The third kappa shape index (κ3) is 3.23. The van der Waals surface area contributed by atoms with Gasteiger partial charge in [0.1, 0.15) is 0 Å². The highest BCUT2D eigenvalue weighted by atomic mass is 32.2. The van der Waals surface area contributed by atoms with Crippen LogP contribution in [0, 0.1) is 0 Å². The minimum absolute atomic E-state index is 0.0417. The smallest absolute Gasteiger partial charge is 0.285 e. The highest BCUT2D eigenvalue weighted by Gasteiger charge is 2.06. The molecule has 5 heteroatoms. The van der Waals surface area contributed by atoms with Crippen molar-refractivity contribution in [2.75, 3.05) is 5.32 Å². The molecule has 0 aliphatic heterocycles. The van der Waals surface area contributed by atoms with E-state index < -0.39 is 0 Å². The number of nitrogens with zero attached hydrogens (tertiary/aromatic N) is 1. The zero-order valence-electron chi connectivity index (χ0n) is 6.90. The van der Waals surface area contributed by atoms with E-state index in [1.54, 1.807) is 6.20 Å². The van der Waals surface area contributed by atoms with Crippen molar-refractivity contribution in [3.63, 3.8) is 0 Å². The standard InChI is InChI=1S/C7H10N2OS2/c1-5(2)12-7(10)9-6-8-3-4-11-6/h3-5H,1-2H3,(H,8,9,10). The van der Waals surface area contributed by atoms with Gasteiger partial charge < -0.3 is 0 Å². The average molecular weight is 202 g/mol. The molecule has 0 radical (unpaired) electrons. The Hall–Kier alpha value is -0.550. The van der Waals surface area contributed by atoms with E-state index in [9.17, 15) is 4.79 Å². The summed E-state index contributed by atoms with van der Waals surface area (Å²) in [6.07, 6.45) is 1.67. The molecule has 1 N–H and O–H groups in total. The second kappa shape index (κ2) is 4.47. The van der Waals surface area contributed by atoms with Crippen LogP contribution in [0.1, 0.15) is 13.8 Å². The number of hydrogen-bond donors (Lipinski definition) is 1. The lowest BCUT2D eigenvalue weighted by molar-refractivity contribution is 0.269. The van der Waals surface area contributed by atoms with Crippen molar-refractivity contribution in [3.8, 4) is 0 Å². The van der Waals surface area contributed by atoms with Crippen LogP contribution in [0.2, 0.25) is 0 Å². The van der Waals surface area contributed by atoms with Crippen LogP contribution in [-0.2, 0) is 0 Å². The maximum absolute atomic E-state index is 11.1. The van der Waals surface area contributed by atoms with Gasteiger partial charge in [0, 0.05) is 16.8 Å². The van der Waals surface area contributed by atoms with Gasteiger partial charge in [0.15, 0.2) is 5.13 Å². The van der Waals surface area contributed by atoms with Gasteiger partial charge in [-0.05, 0) is 0 Å². The molecule has 0 aromatic carbocycles. The van der Waals surface area contributed by atoms with Crippen LogP contribution in [-0.4, -0.2) is 15.5 Å². The van der Waals surface area contributed by atoms with Gasteiger partial charge in [-0.25, -0.2) is 4.98 Å². The number of amides is 1. The third-order valence-corrected chi connectivity index (χ3v) is 2.46. The SMILES string of the molecule is CC(C)SC(=O)Nc1nccs1. The van der Waals surface area contributed by atoms with E-state index in [2.05, 4.69) is 10.3 Å². The molecule has 0 fully saturated rings. The maximum atomic E-state index is 11.1. The van der Waals surface area contributed by atoms with Crippen LogP contribution in [0.4, 0.5) is 9.93 Å². The quantitative estimate of drug-likeness (QED) is 0.801. The molecule has 3 nitrogen and oxygen atoms in total. The van der Waals surface area contributed by atoms with Crippen molar-refractivity contribution >= 4 is 33.5 Å². The molecule has 12 heavy (non-hydrogen) atoms. The minimum atomic E-state index is -0.0417. The van der Waals surface area contributed by atoms with Crippen molar-refractivity contribution < 1.29 is 4.79 Å². The summed E-state index contributed by atoms with van der Waals surface area (Å²) < 4.78 is 0. The van der Waals surface area contributed by atoms with Gasteiger partial charge in [0.2, 0.25) is 0 Å². The lowest BCUT2D eigenvalue weighted by Gasteiger charge is -2.02. The van der Waals surface area contributed by atoms with E-state index in [4.69, 9.17) is 0 Å². The normalized spacial score (nSPS) is 10.2. The second-order valence-corrected chi connectivity index (χ2v) is 4.86. The number of hydrogen-bond acceptors (Lipinski definition) is 4. The van der Waals surface area contributed by atoms with Crippen LogP contribution in [0.5, 0.6) is 0 Å². The number of aromatic nitrogens is 1. The molecule has 1 amide bonds. The molecule has 1 heterocycles. The van der Waals surface area contributed by atoms with Gasteiger partial charge in [-0.3, -0.25) is 10.1 Å². The topological polar surface area (TPSA) is 42.0 Å². The summed E-state index contributed by atoms with van der Waals surface area (Å²) in [5.41, 5.74) is 0. The molecule has 0 bridgehead atoms. The van der Waals surface area contributed by atoms with E-state index >= 15 is 0 Å². The molecule has 1 aromatic heterocycles. The fourth-order valence-corrected chi connectivity index (χ4v) is 1.79. The first kappa shape index (κ1) is 9.54. The van der Waals surface area contributed by atoms with Crippen molar-refractivity contribution in [1.82, 2.24) is 4.98 Å². The monoisotopic (exact) mass is 202 g/mol. The van der Waals surface area contributed by atoms with Gasteiger partial charge in [-0.15, -0.1) is 11.3 Å². The fraction of sp³-hybridized carbons (Fsp3) is 0.429. The number of thioether (sulfide) groups is 1. The van der Waals surface area contributed by atoms with Crippen molar-refractivity contribution in [2.45, 2.75) is 19.1 Å². The fourth-order valence-electron chi connectivity index (χ4n) is 0.616. The summed E-state index contributed by atoms with van der Waals surface area (Å²) >= 11 is 2.69. The van der Waals surface area contributed by atoms with Crippen LogP contribution >= 0.6 is 23.1 Å². The Morgan fingerprint density at radius 3 is 3.00 bits per heavy atom. The van der Waals surface area contributed by atoms with Crippen molar-refractivity contribution in [3.05, 3.63) is 11.6 Å². The predicted octanol–water partition coefficient (Wildman–Crippen LogP) is 2.82. The second-order valence-electron chi connectivity index (χ2n) is 2.42. The summed E-state index contributed by atoms with van der Waals surface area (Å²) in [5, 5.41) is 5.44. The van der Waals surface area contributed by atoms with Gasteiger partial charge in [-0.2, -0.15) is 0 Å². The molecule has 0 aliphatic carbocycles. The van der Waals surface area contributed by atoms with Crippen molar-refractivity contribution in [2.24, 2.45) is 0 Å². The number of rotatable bonds is 2. The molecule has 0 unspecified atom stereocenters. The molecule has 1 rings (SSSR count). The van der Waals surface area contributed by atoms with E-state index in [0.717, 1.165) is 0 Å². The summed E-state index contributed by atoms with van der Waals surface area (Å²) in [5.74, 6) is 0. The van der Waals surface area contributed by atoms with E-state index in [0.29, 0.717) is 10.4 Å². The Balaban J connectivity index is 2.37. The minimum Gasteiger partial charge on any atom is -0.293 e. The van der Waals surface area contributed by atoms with E-state index in [1.165, 1.54) is 23.1 Å². The van der Waals surface area contributed by atoms with Gasteiger partial charge in [-0.1, -0.05) is 25.6 Å². The molecular formula is C7H10N2OS2. The zero-order chi connectivity index (χ0) is 8.97.